The van der Waals surface area contributed by atoms with Crippen molar-refractivity contribution in [2.75, 3.05) is 13.1 Å². The zero-order chi connectivity index (χ0) is 13.5. The Kier molecular flexibility index (Phi) is 3.52. The van der Waals surface area contributed by atoms with Crippen LogP contribution in [0, 0.1) is 27.7 Å². The van der Waals surface area contributed by atoms with Crippen molar-refractivity contribution in [3.63, 3.8) is 0 Å². The normalized spacial score (nSPS) is 17.3. The van der Waals surface area contributed by atoms with Gasteiger partial charge in [-0.15, -0.1) is 0 Å². The van der Waals surface area contributed by atoms with Crippen molar-refractivity contribution in [3.05, 3.63) is 28.3 Å². The lowest BCUT2D eigenvalue weighted by Gasteiger charge is -2.21. The minimum Gasteiger partial charge on any atom is -0.207 e. The standard InChI is InChI=1S/C14H21NO2S/c1-10-9-11(2)13(4)14(12(10)3)18(16,17)15-7-5-6-8-15/h9H,5-8H2,1-4H3. The average molecular weight is 267 g/mol. The maximum atomic E-state index is 12.7. The number of aryl methyl sites for hydroxylation is 2. The molecule has 1 aromatic rings. The fourth-order valence-electron chi connectivity index (χ4n) is 2.63. The molecule has 1 aromatic carbocycles. The van der Waals surface area contributed by atoms with E-state index in [1.807, 2.05) is 27.7 Å². The zero-order valence-electron chi connectivity index (χ0n) is 11.6. The van der Waals surface area contributed by atoms with Gasteiger partial charge >= 0.3 is 0 Å². The molecule has 0 aromatic heterocycles. The summed E-state index contributed by atoms with van der Waals surface area (Å²) in [5.41, 5.74) is 3.89. The van der Waals surface area contributed by atoms with Gasteiger partial charge in [-0.25, -0.2) is 8.42 Å². The maximum absolute atomic E-state index is 12.7. The second kappa shape index (κ2) is 4.67. The molecular formula is C14H21NO2S. The highest BCUT2D eigenvalue weighted by Crippen LogP contribution is 2.30. The molecule has 0 amide bonds. The lowest BCUT2D eigenvalue weighted by atomic mass is 10.0. The summed E-state index contributed by atoms with van der Waals surface area (Å²) in [5.74, 6) is 0. The molecule has 2 rings (SSSR count). The van der Waals surface area contributed by atoms with Crippen LogP contribution in [0.5, 0.6) is 0 Å². The Balaban J connectivity index is 2.63. The van der Waals surface area contributed by atoms with Crippen LogP contribution in [-0.2, 0) is 10.0 Å². The van der Waals surface area contributed by atoms with Crippen molar-refractivity contribution in [2.24, 2.45) is 0 Å². The van der Waals surface area contributed by atoms with E-state index in [4.69, 9.17) is 0 Å². The molecule has 18 heavy (non-hydrogen) atoms. The monoisotopic (exact) mass is 267 g/mol. The van der Waals surface area contributed by atoms with E-state index in [1.54, 1.807) is 4.31 Å². The molecule has 1 aliphatic rings. The molecule has 1 aliphatic heterocycles. The van der Waals surface area contributed by atoms with E-state index in [9.17, 15) is 8.42 Å². The summed E-state index contributed by atoms with van der Waals surface area (Å²) in [6.45, 7) is 9.09. The number of hydrogen-bond donors (Lipinski definition) is 0. The number of sulfonamides is 1. The van der Waals surface area contributed by atoms with Crippen molar-refractivity contribution in [1.29, 1.82) is 0 Å². The van der Waals surface area contributed by atoms with E-state index in [2.05, 4.69) is 6.07 Å². The predicted octanol–water partition coefficient (Wildman–Crippen LogP) is 2.70. The molecule has 1 heterocycles. The van der Waals surface area contributed by atoms with E-state index in [0.29, 0.717) is 18.0 Å². The quantitative estimate of drug-likeness (QED) is 0.826. The topological polar surface area (TPSA) is 37.4 Å². The van der Waals surface area contributed by atoms with Gasteiger partial charge in [0.05, 0.1) is 4.90 Å². The van der Waals surface area contributed by atoms with Crippen molar-refractivity contribution in [3.8, 4) is 0 Å². The maximum Gasteiger partial charge on any atom is 0.243 e. The summed E-state index contributed by atoms with van der Waals surface area (Å²) in [4.78, 5) is 0.530. The van der Waals surface area contributed by atoms with Gasteiger partial charge in [0.1, 0.15) is 0 Å². The second-order valence-electron chi connectivity index (χ2n) is 5.20. The van der Waals surface area contributed by atoms with Crippen molar-refractivity contribution in [1.82, 2.24) is 4.31 Å². The molecule has 100 valence electrons. The first-order chi connectivity index (χ1) is 8.35. The zero-order valence-corrected chi connectivity index (χ0v) is 12.4. The predicted molar refractivity (Wildman–Crippen MR) is 73.4 cm³/mol. The van der Waals surface area contributed by atoms with Gasteiger partial charge in [0, 0.05) is 13.1 Å². The Bertz CT molecular complexity index is 544. The third kappa shape index (κ3) is 2.08. The van der Waals surface area contributed by atoms with Crippen LogP contribution in [-0.4, -0.2) is 25.8 Å². The summed E-state index contributed by atoms with van der Waals surface area (Å²) in [6.07, 6.45) is 1.95. The van der Waals surface area contributed by atoms with Gasteiger partial charge in [-0.3, -0.25) is 0 Å². The first-order valence-corrected chi connectivity index (χ1v) is 7.87. The van der Waals surface area contributed by atoms with Crippen LogP contribution in [0.1, 0.15) is 35.1 Å². The van der Waals surface area contributed by atoms with E-state index in [-0.39, 0.29) is 0 Å². The molecule has 0 bridgehead atoms. The highest BCUT2D eigenvalue weighted by Gasteiger charge is 2.30. The first kappa shape index (κ1) is 13.6. The Labute approximate surface area is 110 Å². The smallest absolute Gasteiger partial charge is 0.207 e. The Hall–Kier alpha value is -0.870. The fraction of sp³-hybridized carbons (Fsp3) is 0.571. The second-order valence-corrected chi connectivity index (χ2v) is 7.08. The lowest BCUT2D eigenvalue weighted by molar-refractivity contribution is 0.476. The average Bonchev–Trinajstić information content (AvgIpc) is 2.80. The van der Waals surface area contributed by atoms with E-state index in [1.165, 1.54) is 0 Å². The van der Waals surface area contributed by atoms with Crippen molar-refractivity contribution in [2.45, 2.75) is 45.4 Å². The largest absolute Gasteiger partial charge is 0.243 e. The Morgan fingerprint density at radius 3 is 1.83 bits per heavy atom. The highest BCUT2D eigenvalue weighted by atomic mass is 32.2. The third-order valence-corrected chi connectivity index (χ3v) is 6.13. The third-order valence-electron chi connectivity index (χ3n) is 3.96. The van der Waals surface area contributed by atoms with Crippen LogP contribution in [0.2, 0.25) is 0 Å². The van der Waals surface area contributed by atoms with E-state index >= 15 is 0 Å². The van der Waals surface area contributed by atoms with Crippen LogP contribution in [0.25, 0.3) is 0 Å². The van der Waals surface area contributed by atoms with Gasteiger partial charge in [0.2, 0.25) is 10.0 Å². The van der Waals surface area contributed by atoms with E-state index < -0.39 is 10.0 Å². The minimum absolute atomic E-state index is 0.530. The number of rotatable bonds is 2. The molecule has 0 atom stereocenters. The van der Waals surface area contributed by atoms with Crippen LogP contribution in [0.4, 0.5) is 0 Å². The van der Waals surface area contributed by atoms with Gasteiger partial charge in [-0.05, 0) is 62.8 Å². The van der Waals surface area contributed by atoms with Gasteiger partial charge in [-0.2, -0.15) is 4.31 Å². The summed E-state index contributed by atoms with van der Waals surface area (Å²) >= 11 is 0. The molecule has 1 fully saturated rings. The molecule has 0 spiro atoms. The molecule has 3 nitrogen and oxygen atoms in total. The molecule has 4 heteroatoms. The van der Waals surface area contributed by atoms with Gasteiger partial charge in [0.25, 0.3) is 0 Å². The molecule has 1 saturated heterocycles. The van der Waals surface area contributed by atoms with Gasteiger partial charge in [-0.1, -0.05) is 6.07 Å². The Morgan fingerprint density at radius 1 is 0.944 bits per heavy atom. The number of nitrogens with zero attached hydrogens (tertiary/aromatic N) is 1. The molecule has 0 radical (unpaired) electrons. The van der Waals surface area contributed by atoms with Crippen LogP contribution in [0.3, 0.4) is 0 Å². The van der Waals surface area contributed by atoms with Crippen LogP contribution >= 0.6 is 0 Å². The SMILES string of the molecule is Cc1cc(C)c(C)c(S(=O)(=O)N2CCCC2)c1C. The first-order valence-electron chi connectivity index (χ1n) is 6.43. The van der Waals surface area contributed by atoms with Crippen molar-refractivity contribution >= 4 is 10.0 Å². The van der Waals surface area contributed by atoms with Gasteiger partial charge in [0.15, 0.2) is 0 Å². The highest BCUT2D eigenvalue weighted by molar-refractivity contribution is 7.89. The molecule has 0 N–H and O–H groups in total. The molecular weight excluding hydrogens is 246 g/mol. The molecule has 0 saturated carbocycles. The van der Waals surface area contributed by atoms with Crippen LogP contribution < -0.4 is 0 Å². The minimum atomic E-state index is -3.31. The number of benzene rings is 1. The number of hydrogen-bond acceptors (Lipinski definition) is 2. The van der Waals surface area contributed by atoms with E-state index in [0.717, 1.165) is 35.1 Å². The molecule has 0 aliphatic carbocycles. The summed E-state index contributed by atoms with van der Waals surface area (Å²) in [5, 5.41) is 0. The lowest BCUT2D eigenvalue weighted by Crippen LogP contribution is -2.29. The summed E-state index contributed by atoms with van der Waals surface area (Å²) < 4.78 is 27.0. The summed E-state index contributed by atoms with van der Waals surface area (Å²) in [7, 11) is -3.31. The summed E-state index contributed by atoms with van der Waals surface area (Å²) in [6, 6.07) is 2.06. The van der Waals surface area contributed by atoms with Gasteiger partial charge < -0.3 is 0 Å². The fourth-order valence-corrected chi connectivity index (χ4v) is 4.72. The molecule has 0 unspecified atom stereocenters. The van der Waals surface area contributed by atoms with Crippen molar-refractivity contribution < 1.29 is 8.42 Å². The Morgan fingerprint density at radius 2 is 1.39 bits per heavy atom. The van der Waals surface area contributed by atoms with Crippen LogP contribution in [0.15, 0.2) is 11.0 Å².